The molecule has 2 heteroatoms. The zero-order chi connectivity index (χ0) is 13.2. The minimum Gasteiger partial charge on any atom is -0.496 e. The molecule has 0 saturated carbocycles. The van der Waals surface area contributed by atoms with Crippen LogP contribution in [0.25, 0.3) is 0 Å². The smallest absolute Gasteiger partial charge is 0.122 e. The van der Waals surface area contributed by atoms with E-state index in [0.29, 0.717) is 6.04 Å². The number of nitrogens with one attached hydrogen (secondary N) is 1. The van der Waals surface area contributed by atoms with E-state index in [4.69, 9.17) is 4.74 Å². The standard InChI is InChI=1S/C16H23NO/c1-4-6-7-11-15(17-5-2)13-14-10-8-9-12-16(14)18-3/h8-10,12,15,17H,5,7,11,13H2,1-3H3. The molecule has 0 fully saturated rings. The molecule has 0 saturated heterocycles. The van der Waals surface area contributed by atoms with Gasteiger partial charge in [0.2, 0.25) is 0 Å². The van der Waals surface area contributed by atoms with Crippen LogP contribution in [0.3, 0.4) is 0 Å². The third-order valence-corrected chi connectivity index (χ3v) is 2.95. The number of rotatable bonds is 7. The third kappa shape index (κ3) is 4.81. The number of methoxy groups -OCH3 is 1. The number of hydrogen-bond donors (Lipinski definition) is 1. The number of likely N-dealkylation sites (N-methyl/N-ethyl adjacent to an activating group) is 1. The quantitative estimate of drug-likeness (QED) is 0.746. The Morgan fingerprint density at radius 2 is 2.11 bits per heavy atom. The van der Waals surface area contributed by atoms with E-state index in [1.165, 1.54) is 5.56 Å². The van der Waals surface area contributed by atoms with E-state index >= 15 is 0 Å². The van der Waals surface area contributed by atoms with Gasteiger partial charge in [0, 0.05) is 12.5 Å². The summed E-state index contributed by atoms with van der Waals surface area (Å²) in [5.74, 6) is 7.05. The summed E-state index contributed by atoms with van der Waals surface area (Å²) in [7, 11) is 1.73. The summed E-state index contributed by atoms with van der Waals surface area (Å²) in [6.07, 6.45) is 3.01. The van der Waals surface area contributed by atoms with Crippen LogP contribution < -0.4 is 10.1 Å². The minimum absolute atomic E-state index is 0.465. The van der Waals surface area contributed by atoms with Crippen LogP contribution in [0.15, 0.2) is 24.3 Å². The molecule has 0 aliphatic heterocycles. The first kappa shape index (κ1) is 14.6. The molecule has 0 bridgehead atoms. The Kier molecular flexibility index (Phi) is 6.98. The largest absolute Gasteiger partial charge is 0.496 e. The molecule has 18 heavy (non-hydrogen) atoms. The molecule has 0 amide bonds. The van der Waals surface area contributed by atoms with Gasteiger partial charge in [-0.25, -0.2) is 0 Å². The zero-order valence-corrected chi connectivity index (χ0v) is 11.6. The molecule has 1 N–H and O–H groups in total. The Balaban J connectivity index is 2.65. The van der Waals surface area contributed by atoms with Crippen LogP contribution >= 0.6 is 0 Å². The van der Waals surface area contributed by atoms with Crippen molar-refractivity contribution in [2.24, 2.45) is 0 Å². The maximum absolute atomic E-state index is 5.39. The average Bonchev–Trinajstić information content (AvgIpc) is 2.40. The molecule has 1 atom stereocenters. The normalized spacial score (nSPS) is 11.5. The van der Waals surface area contributed by atoms with Crippen molar-refractivity contribution >= 4 is 0 Å². The Labute approximate surface area is 111 Å². The fraction of sp³-hybridized carbons (Fsp3) is 0.500. The summed E-state index contributed by atoms with van der Waals surface area (Å²) in [6.45, 7) is 5.02. The second kappa shape index (κ2) is 8.60. The topological polar surface area (TPSA) is 21.3 Å². The van der Waals surface area contributed by atoms with E-state index in [0.717, 1.165) is 31.6 Å². The van der Waals surface area contributed by atoms with Crippen LogP contribution in [0.2, 0.25) is 0 Å². The van der Waals surface area contributed by atoms with E-state index in [1.807, 2.05) is 19.1 Å². The summed E-state index contributed by atoms with van der Waals surface area (Å²) in [5, 5.41) is 3.52. The Morgan fingerprint density at radius 1 is 1.33 bits per heavy atom. The molecule has 98 valence electrons. The molecule has 1 unspecified atom stereocenters. The van der Waals surface area contributed by atoms with E-state index in [2.05, 4.69) is 36.2 Å². The van der Waals surface area contributed by atoms with Gasteiger partial charge in [-0.15, -0.1) is 11.8 Å². The molecule has 0 aliphatic carbocycles. The van der Waals surface area contributed by atoms with Gasteiger partial charge < -0.3 is 10.1 Å². The molecular weight excluding hydrogens is 222 g/mol. The minimum atomic E-state index is 0.465. The van der Waals surface area contributed by atoms with Gasteiger partial charge in [-0.1, -0.05) is 25.1 Å². The van der Waals surface area contributed by atoms with Gasteiger partial charge in [-0.05, 0) is 37.9 Å². The summed E-state index contributed by atoms with van der Waals surface area (Å²) < 4.78 is 5.39. The number of para-hydroxylation sites is 1. The van der Waals surface area contributed by atoms with Gasteiger partial charge in [0.15, 0.2) is 0 Å². The van der Waals surface area contributed by atoms with Gasteiger partial charge >= 0.3 is 0 Å². The van der Waals surface area contributed by atoms with E-state index < -0.39 is 0 Å². The third-order valence-electron chi connectivity index (χ3n) is 2.95. The zero-order valence-electron chi connectivity index (χ0n) is 11.6. The van der Waals surface area contributed by atoms with E-state index in [-0.39, 0.29) is 0 Å². The summed E-state index contributed by atoms with van der Waals surface area (Å²) in [6, 6.07) is 8.69. The highest BCUT2D eigenvalue weighted by Crippen LogP contribution is 2.20. The van der Waals surface area contributed by atoms with Gasteiger partial charge in [-0.2, -0.15) is 0 Å². The first-order valence-corrected chi connectivity index (χ1v) is 6.56. The van der Waals surface area contributed by atoms with Gasteiger partial charge in [0.05, 0.1) is 7.11 Å². The highest BCUT2D eigenvalue weighted by atomic mass is 16.5. The van der Waals surface area contributed by atoms with Crippen LogP contribution in [-0.4, -0.2) is 19.7 Å². The molecule has 1 rings (SSSR count). The first-order chi connectivity index (χ1) is 8.81. The molecule has 1 aromatic rings. The predicted octanol–water partition coefficient (Wildman–Crippen LogP) is 3.02. The summed E-state index contributed by atoms with van der Waals surface area (Å²) >= 11 is 0. The van der Waals surface area contributed by atoms with Gasteiger partial charge in [0.25, 0.3) is 0 Å². The Hall–Kier alpha value is -1.46. The van der Waals surface area contributed by atoms with Crippen LogP contribution in [0.4, 0.5) is 0 Å². The monoisotopic (exact) mass is 245 g/mol. The lowest BCUT2D eigenvalue weighted by atomic mass is 10.0. The van der Waals surface area contributed by atoms with Crippen molar-refractivity contribution in [2.75, 3.05) is 13.7 Å². The fourth-order valence-electron chi connectivity index (χ4n) is 2.07. The van der Waals surface area contributed by atoms with Crippen molar-refractivity contribution in [1.29, 1.82) is 0 Å². The van der Waals surface area contributed by atoms with Gasteiger partial charge in [0.1, 0.15) is 5.75 Å². The van der Waals surface area contributed by atoms with Crippen molar-refractivity contribution in [3.8, 4) is 17.6 Å². The van der Waals surface area contributed by atoms with Crippen LogP contribution in [0, 0.1) is 11.8 Å². The van der Waals surface area contributed by atoms with Crippen LogP contribution in [0.5, 0.6) is 5.75 Å². The molecule has 0 radical (unpaired) electrons. The summed E-state index contributed by atoms with van der Waals surface area (Å²) in [5.41, 5.74) is 1.26. The number of benzene rings is 1. The first-order valence-electron chi connectivity index (χ1n) is 6.56. The molecule has 1 aromatic carbocycles. The van der Waals surface area contributed by atoms with Gasteiger partial charge in [-0.3, -0.25) is 0 Å². The second-order valence-electron chi connectivity index (χ2n) is 4.24. The second-order valence-corrected chi connectivity index (χ2v) is 4.24. The Morgan fingerprint density at radius 3 is 2.78 bits per heavy atom. The number of hydrogen-bond acceptors (Lipinski definition) is 2. The van der Waals surface area contributed by atoms with Crippen LogP contribution in [0.1, 0.15) is 32.3 Å². The van der Waals surface area contributed by atoms with E-state index in [9.17, 15) is 0 Å². The molecule has 0 heterocycles. The highest BCUT2D eigenvalue weighted by molar-refractivity contribution is 5.33. The predicted molar refractivity (Wildman–Crippen MR) is 76.8 cm³/mol. The van der Waals surface area contributed by atoms with Crippen molar-refractivity contribution < 1.29 is 4.74 Å². The summed E-state index contributed by atoms with van der Waals surface area (Å²) in [4.78, 5) is 0. The highest BCUT2D eigenvalue weighted by Gasteiger charge is 2.10. The lowest BCUT2D eigenvalue weighted by Crippen LogP contribution is -2.31. The van der Waals surface area contributed by atoms with Crippen LogP contribution in [-0.2, 0) is 6.42 Å². The van der Waals surface area contributed by atoms with Crippen molar-refractivity contribution in [3.63, 3.8) is 0 Å². The Bertz CT molecular complexity index is 403. The van der Waals surface area contributed by atoms with Crippen molar-refractivity contribution in [3.05, 3.63) is 29.8 Å². The molecule has 0 aliphatic rings. The maximum Gasteiger partial charge on any atom is 0.122 e. The lowest BCUT2D eigenvalue weighted by Gasteiger charge is -2.18. The van der Waals surface area contributed by atoms with Crippen molar-refractivity contribution in [1.82, 2.24) is 5.32 Å². The maximum atomic E-state index is 5.39. The van der Waals surface area contributed by atoms with Crippen molar-refractivity contribution in [2.45, 2.75) is 39.2 Å². The molecule has 2 nitrogen and oxygen atoms in total. The molecule has 0 spiro atoms. The molecule has 0 aromatic heterocycles. The molecular formula is C16H23NO. The number of ether oxygens (including phenoxy) is 1. The SMILES string of the molecule is CC#CCCC(Cc1ccccc1OC)NCC. The average molecular weight is 245 g/mol. The fourth-order valence-corrected chi connectivity index (χ4v) is 2.07. The lowest BCUT2D eigenvalue weighted by molar-refractivity contribution is 0.403. The van der Waals surface area contributed by atoms with E-state index in [1.54, 1.807) is 7.11 Å².